The number of ether oxygens (including phenoxy) is 2. The number of rotatable bonds is 6. The van der Waals surface area contributed by atoms with Crippen LogP contribution in [-0.4, -0.2) is 32.6 Å². The molecular weight excluding hydrogens is 308 g/mol. The van der Waals surface area contributed by atoms with Crippen molar-refractivity contribution in [1.29, 1.82) is 0 Å². The number of amides is 2. The van der Waals surface area contributed by atoms with Crippen LogP contribution in [0, 0.1) is 0 Å². The molecule has 6 heteroatoms. The van der Waals surface area contributed by atoms with Gasteiger partial charge in [0.25, 0.3) is 11.8 Å². The summed E-state index contributed by atoms with van der Waals surface area (Å²) in [6.45, 7) is 2.39. The second-order valence-electron chi connectivity index (χ2n) is 4.96. The van der Waals surface area contributed by atoms with Gasteiger partial charge in [0, 0.05) is 23.4 Å². The minimum absolute atomic E-state index is 0.181. The van der Waals surface area contributed by atoms with Gasteiger partial charge < -0.3 is 20.1 Å². The lowest BCUT2D eigenvalue weighted by Crippen LogP contribution is -2.22. The van der Waals surface area contributed by atoms with Crippen molar-refractivity contribution in [2.75, 3.05) is 26.1 Å². The van der Waals surface area contributed by atoms with Crippen molar-refractivity contribution >= 4 is 17.5 Å². The Morgan fingerprint density at radius 1 is 0.917 bits per heavy atom. The van der Waals surface area contributed by atoms with Crippen molar-refractivity contribution in [3.8, 4) is 11.5 Å². The summed E-state index contributed by atoms with van der Waals surface area (Å²) in [5.74, 6) is 0.539. The second-order valence-corrected chi connectivity index (χ2v) is 4.96. The van der Waals surface area contributed by atoms with Crippen LogP contribution in [0.4, 0.5) is 5.69 Å². The summed E-state index contributed by atoms with van der Waals surface area (Å²) < 4.78 is 10.3. The SMILES string of the molecule is CCNC(=O)c1cccc(NC(=O)c2ccc(OC)c(OC)c2)c1. The lowest BCUT2D eigenvalue weighted by Gasteiger charge is -2.10. The molecule has 0 aliphatic carbocycles. The maximum Gasteiger partial charge on any atom is 0.255 e. The molecule has 2 aromatic rings. The highest BCUT2D eigenvalue weighted by atomic mass is 16.5. The molecule has 6 nitrogen and oxygen atoms in total. The Bertz CT molecular complexity index is 744. The van der Waals surface area contributed by atoms with Crippen molar-refractivity contribution in [3.05, 3.63) is 53.6 Å². The number of anilines is 1. The van der Waals surface area contributed by atoms with Crippen molar-refractivity contribution in [2.24, 2.45) is 0 Å². The standard InChI is InChI=1S/C18H20N2O4/c1-4-19-17(21)12-6-5-7-14(10-12)20-18(22)13-8-9-15(23-2)16(11-13)24-3/h5-11H,4H2,1-3H3,(H,19,21)(H,20,22). The maximum atomic E-state index is 12.4. The van der Waals surface area contributed by atoms with Gasteiger partial charge in [0.05, 0.1) is 14.2 Å². The van der Waals surface area contributed by atoms with Crippen LogP contribution in [0.15, 0.2) is 42.5 Å². The average molecular weight is 328 g/mol. The van der Waals surface area contributed by atoms with E-state index in [1.54, 1.807) is 42.5 Å². The first kappa shape index (κ1) is 17.3. The third kappa shape index (κ3) is 4.04. The van der Waals surface area contributed by atoms with Gasteiger partial charge in [-0.2, -0.15) is 0 Å². The van der Waals surface area contributed by atoms with Gasteiger partial charge >= 0.3 is 0 Å². The number of hydrogen-bond acceptors (Lipinski definition) is 4. The molecule has 0 fully saturated rings. The van der Waals surface area contributed by atoms with Gasteiger partial charge in [0.15, 0.2) is 11.5 Å². The fraction of sp³-hybridized carbons (Fsp3) is 0.222. The second kappa shape index (κ2) is 8.01. The first-order chi connectivity index (χ1) is 11.6. The predicted octanol–water partition coefficient (Wildman–Crippen LogP) is 2.71. The molecule has 0 spiro atoms. The molecule has 2 rings (SSSR count). The largest absolute Gasteiger partial charge is 0.493 e. The van der Waals surface area contributed by atoms with E-state index < -0.39 is 0 Å². The third-order valence-electron chi connectivity index (χ3n) is 3.37. The summed E-state index contributed by atoms with van der Waals surface area (Å²) in [7, 11) is 3.04. The predicted molar refractivity (Wildman–Crippen MR) is 91.9 cm³/mol. The molecule has 2 N–H and O–H groups in total. The molecule has 0 aromatic heterocycles. The van der Waals surface area contributed by atoms with Crippen LogP contribution in [0.3, 0.4) is 0 Å². The first-order valence-corrected chi connectivity index (χ1v) is 7.50. The number of carbonyl (C=O) groups is 2. The van der Waals surface area contributed by atoms with Crippen LogP contribution in [0.2, 0.25) is 0 Å². The molecule has 0 bridgehead atoms. The Labute approximate surface area is 140 Å². The Hall–Kier alpha value is -3.02. The van der Waals surface area contributed by atoms with E-state index in [4.69, 9.17) is 9.47 Å². The van der Waals surface area contributed by atoms with Crippen LogP contribution in [0.25, 0.3) is 0 Å². The molecule has 0 atom stereocenters. The molecule has 0 saturated heterocycles. The number of hydrogen-bond donors (Lipinski definition) is 2. The number of carbonyl (C=O) groups excluding carboxylic acids is 2. The molecular formula is C18H20N2O4. The molecule has 0 radical (unpaired) electrons. The average Bonchev–Trinajstić information content (AvgIpc) is 2.61. The van der Waals surface area contributed by atoms with E-state index in [-0.39, 0.29) is 11.8 Å². The third-order valence-corrected chi connectivity index (χ3v) is 3.37. The Morgan fingerprint density at radius 2 is 1.62 bits per heavy atom. The lowest BCUT2D eigenvalue weighted by molar-refractivity contribution is 0.0954. The van der Waals surface area contributed by atoms with Crippen LogP contribution < -0.4 is 20.1 Å². The smallest absolute Gasteiger partial charge is 0.255 e. The zero-order valence-electron chi connectivity index (χ0n) is 13.9. The van der Waals surface area contributed by atoms with Crippen LogP contribution >= 0.6 is 0 Å². The summed E-state index contributed by atoms with van der Waals surface area (Å²) in [6, 6.07) is 11.7. The summed E-state index contributed by atoms with van der Waals surface area (Å²) >= 11 is 0. The van der Waals surface area contributed by atoms with Crippen LogP contribution in [-0.2, 0) is 0 Å². The summed E-state index contributed by atoms with van der Waals surface area (Å²) in [5.41, 5.74) is 1.46. The van der Waals surface area contributed by atoms with Gasteiger partial charge in [-0.15, -0.1) is 0 Å². The molecule has 0 aliphatic heterocycles. The highest BCUT2D eigenvalue weighted by Gasteiger charge is 2.12. The number of methoxy groups -OCH3 is 2. The maximum absolute atomic E-state index is 12.4. The highest BCUT2D eigenvalue weighted by molar-refractivity contribution is 6.05. The van der Waals surface area contributed by atoms with Gasteiger partial charge in [-0.05, 0) is 43.3 Å². The Morgan fingerprint density at radius 3 is 2.29 bits per heavy atom. The lowest BCUT2D eigenvalue weighted by atomic mass is 10.1. The molecule has 2 aromatic carbocycles. The van der Waals surface area contributed by atoms with E-state index in [0.29, 0.717) is 34.9 Å². The zero-order chi connectivity index (χ0) is 17.5. The minimum atomic E-state index is -0.302. The molecule has 0 heterocycles. The highest BCUT2D eigenvalue weighted by Crippen LogP contribution is 2.27. The van der Waals surface area contributed by atoms with Crippen LogP contribution in [0.1, 0.15) is 27.6 Å². The topological polar surface area (TPSA) is 76.7 Å². The van der Waals surface area contributed by atoms with E-state index in [1.165, 1.54) is 14.2 Å². The van der Waals surface area contributed by atoms with Gasteiger partial charge in [-0.3, -0.25) is 9.59 Å². The van der Waals surface area contributed by atoms with E-state index in [2.05, 4.69) is 10.6 Å². The molecule has 0 aliphatic rings. The van der Waals surface area contributed by atoms with Gasteiger partial charge in [0.1, 0.15) is 0 Å². The van der Waals surface area contributed by atoms with Crippen molar-refractivity contribution in [3.63, 3.8) is 0 Å². The molecule has 126 valence electrons. The van der Waals surface area contributed by atoms with E-state index in [1.807, 2.05) is 6.92 Å². The fourth-order valence-corrected chi connectivity index (χ4v) is 2.18. The van der Waals surface area contributed by atoms with Gasteiger partial charge in [-0.25, -0.2) is 0 Å². The molecule has 0 saturated carbocycles. The number of nitrogens with one attached hydrogen (secondary N) is 2. The summed E-state index contributed by atoms with van der Waals surface area (Å²) in [6.07, 6.45) is 0. The molecule has 24 heavy (non-hydrogen) atoms. The number of benzene rings is 2. The van der Waals surface area contributed by atoms with Gasteiger partial charge in [0.2, 0.25) is 0 Å². The Balaban J connectivity index is 2.18. The quantitative estimate of drug-likeness (QED) is 0.855. The van der Waals surface area contributed by atoms with Crippen LogP contribution in [0.5, 0.6) is 11.5 Å². The van der Waals surface area contributed by atoms with E-state index in [0.717, 1.165) is 0 Å². The van der Waals surface area contributed by atoms with Crippen molar-refractivity contribution in [2.45, 2.75) is 6.92 Å². The fourth-order valence-electron chi connectivity index (χ4n) is 2.18. The van der Waals surface area contributed by atoms with Gasteiger partial charge in [-0.1, -0.05) is 6.07 Å². The monoisotopic (exact) mass is 328 g/mol. The summed E-state index contributed by atoms with van der Waals surface area (Å²) in [5, 5.41) is 5.49. The normalized spacial score (nSPS) is 9.96. The van der Waals surface area contributed by atoms with Crippen molar-refractivity contribution in [1.82, 2.24) is 5.32 Å². The zero-order valence-corrected chi connectivity index (χ0v) is 13.9. The first-order valence-electron chi connectivity index (χ1n) is 7.50. The summed E-state index contributed by atoms with van der Waals surface area (Å²) in [4.78, 5) is 24.2. The van der Waals surface area contributed by atoms with E-state index >= 15 is 0 Å². The molecule has 0 unspecified atom stereocenters. The van der Waals surface area contributed by atoms with E-state index in [9.17, 15) is 9.59 Å². The van der Waals surface area contributed by atoms with Crippen molar-refractivity contribution < 1.29 is 19.1 Å². The minimum Gasteiger partial charge on any atom is -0.493 e. The molecule has 2 amide bonds. The Kier molecular flexibility index (Phi) is 5.78.